The van der Waals surface area contributed by atoms with E-state index in [1.54, 1.807) is 18.2 Å². The van der Waals surface area contributed by atoms with E-state index in [1.807, 2.05) is 6.92 Å². The molecule has 130 valence electrons. The fourth-order valence-corrected chi connectivity index (χ4v) is 2.18. The summed E-state index contributed by atoms with van der Waals surface area (Å²) in [5.41, 5.74) is 0.709. The summed E-state index contributed by atoms with van der Waals surface area (Å²) in [5, 5.41) is 14.0. The molecule has 2 aromatic rings. The van der Waals surface area contributed by atoms with Gasteiger partial charge >= 0.3 is 5.97 Å². The topological polar surface area (TPSA) is 98.5 Å². The second-order valence-electron chi connectivity index (χ2n) is 5.28. The Balaban J connectivity index is 2.07. The number of carbonyl (C=O) groups excluding carboxylic acids is 2. The van der Waals surface area contributed by atoms with Crippen molar-refractivity contribution in [2.45, 2.75) is 20.0 Å². The van der Waals surface area contributed by atoms with Crippen molar-refractivity contribution in [2.75, 3.05) is 5.32 Å². The van der Waals surface area contributed by atoms with Crippen LogP contribution in [0.4, 0.5) is 11.4 Å². The summed E-state index contributed by atoms with van der Waals surface area (Å²) in [4.78, 5) is 34.5. The van der Waals surface area contributed by atoms with Crippen LogP contribution in [0, 0.1) is 17.0 Å². The number of halogens is 1. The summed E-state index contributed by atoms with van der Waals surface area (Å²) in [6, 6.07) is 10.3. The first-order valence-corrected chi connectivity index (χ1v) is 7.69. The van der Waals surface area contributed by atoms with Crippen LogP contribution >= 0.6 is 11.6 Å². The van der Waals surface area contributed by atoms with Gasteiger partial charge in [0.25, 0.3) is 11.6 Å². The summed E-state index contributed by atoms with van der Waals surface area (Å²) >= 11 is 5.99. The van der Waals surface area contributed by atoms with Crippen LogP contribution in [-0.2, 0) is 9.53 Å². The fourth-order valence-electron chi connectivity index (χ4n) is 2.00. The highest BCUT2D eigenvalue weighted by atomic mass is 35.5. The summed E-state index contributed by atoms with van der Waals surface area (Å²) in [6.07, 6.45) is -1.15. The third-order valence-electron chi connectivity index (χ3n) is 3.41. The number of rotatable bonds is 5. The van der Waals surface area contributed by atoms with Gasteiger partial charge in [-0.1, -0.05) is 29.8 Å². The van der Waals surface area contributed by atoms with Crippen molar-refractivity contribution in [3.05, 3.63) is 68.7 Å². The average Bonchev–Trinajstić information content (AvgIpc) is 2.58. The lowest BCUT2D eigenvalue weighted by Gasteiger charge is -2.14. The molecule has 1 N–H and O–H groups in total. The lowest BCUT2D eigenvalue weighted by molar-refractivity contribution is -0.385. The maximum atomic E-state index is 12.1. The van der Waals surface area contributed by atoms with Gasteiger partial charge in [0, 0.05) is 16.8 Å². The lowest BCUT2D eigenvalue weighted by atomic mass is 10.2. The first-order valence-electron chi connectivity index (χ1n) is 7.31. The van der Waals surface area contributed by atoms with Gasteiger partial charge in [-0.3, -0.25) is 14.9 Å². The first-order chi connectivity index (χ1) is 11.8. The molecular formula is C17H15ClN2O5. The van der Waals surface area contributed by atoms with E-state index in [1.165, 1.54) is 31.2 Å². The van der Waals surface area contributed by atoms with E-state index in [2.05, 4.69) is 5.32 Å². The molecule has 1 amide bonds. The standard InChI is InChI=1S/C17H15ClN2O5/c1-10-7-8-12(9-14(10)18)19-16(21)11(2)25-17(22)13-5-3-4-6-15(13)20(23)24/h3-9,11H,1-2H3,(H,19,21)/t11-/m0/s1. The van der Waals surface area contributed by atoms with E-state index in [-0.39, 0.29) is 11.3 Å². The van der Waals surface area contributed by atoms with E-state index in [0.29, 0.717) is 10.7 Å². The number of amides is 1. The highest BCUT2D eigenvalue weighted by Gasteiger charge is 2.25. The third kappa shape index (κ3) is 4.54. The van der Waals surface area contributed by atoms with Gasteiger partial charge in [0.1, 0.15) is 5.56 Å². The summed E-state index contributed by atoms with van der Waals surface area (Å²) in [6.45, 7) is 3.20. The number of aryl methyl sites for hydroxylation is 1. The molecule has 0 heterocycles. The Labute approximate surface area is 148 Å². The molecule has 0 aliphatic heterocycles. The van der Waals surface area contributed by atoms with Gasteiger partial charge in [-0.15, -0.1) is 0 Å². The monoisotopic (exact) mass is 362 g/mol. The van der Waals surface area contributed by atoms with Crippen molar-refractivity contribution < 1.29 is 19.2 Å². The molecule has 25 heavy (non-hydrogen) atoms. The number of benzene rings is 2. The highest BCUT2D eigenvalue weighted by molar-refractivity contribution is 6.31. The normalized spacial score (nSPS) is 11.5. The van der Waals surface area contributed by atoms with Crippen molar-refractivity contribution in [1.82, 2.24) is 0 Å². The van der Waals surface area contributed by atoms with Crippen LogP contribution in [0.15, 0.2) is 42.5 Å². The van der Waals surface area contributed by atoms with Crippen molar-refractivity contribution >= 4 is 34.9 Å². The van der Waals surface area contributed by atoms with E-state index in [4.69, 9.17) is 16.3 Å². The van der Waals surface area contributed by atoms with Gasteiger partial charge in [-0.25, -0.2) is 4.79 Å². The summed E-state index contributed by atoms with van der Waals surface area (Å²) < 4.78 is 5.03. The maximum absolute atomic E-state index is 12.1. The molecule has 0 fully saturated rings. The number of para-hydroxylation sites is 1. The van der Waals surface area contributed by atoms with Crippen LogP contribution in [0.1, 0.15) is 22.8 Å². The van der Waals surface area contributed by atoms with Gasteiger partial charge in [-0.2, -0.15) is 0 Å². The van der Waals surface area contributed by atoms with Gasteiger partial charge in [0.15, 0.2) is 6.10 Å². The quantitative estimate of drug-likeness (QED) is 0.496. The minimum atomic E-state index is -1.15. The second-order valence-corrected chi connectivity index (χ2v) is 5.68. The number of ether oxygens (including phenoxy) is 1. The highest BCUT2D eigenvalue weighted by Crippen LogP contribution is 2.21. The zero-order valence-corrected chi connectivity index (χ0v) is 14.2. The Kier molecular flexibility index (Phi) is 5.71. The van der Waals surface area contributed by atoms with E-state index in [9.17, 15) is 19.7 Å². The van der Waals surface area contributed by atoms with E-state index < -0.39 is 22.9 Å². The molecule has 0 aliphatic rings. The minimum Gasteiger partial charge on any atom is -0.449 e. The molecule has 0 radical (unpaired) electrons. The third-order valence-corrected chi connectivity index (χ3v) is 3.82. The van der Waals surface area contributed by atoms with Crippen molar-refractivity contribution in [2.24, 2.45) is 0 Å². The lowest BCUT2D eigenvalue weighted by Crippen LogP contribution is -2.30. The van der Waals surface area contributed by atoms with Gasteiger partial charge in [-0.05, 0) is 37.6 Å². The Morgan fingerprint density at radius 1 is 1.24 bits per heavy atom. The van der Waals surface area contributed by atoms with Crippen molar-refractivity contribution in [3.8, 4) is 0 Å². The van der Waals surface area contributed by atoms with Crippen LogP contribution in [0.5, 0.6) is 0 Å². The first kappa shape index (κ1) is 18.4. The van der Waals surface area contributed by atoms with Gasteiger partial charge in [0.05, 0.1) is 4.92 Å². The molecule has 0 unspecified atom stereocenters. The predicted molar refractivity (Wildman–Crippen MR) is 92.8 cm³/mol. The predicted octanol–water partition coefficient (Wildman–Crippen LogP) is 3.74. The number of nitro groups is 1. The number of nitrogens with one attached hydrogen (secondary N) is 1. The molecule has 0 aromatic heterocycles. The molecule has 8 heteroatoms. The zero-order chi connectivity index (χ0) is 18.6. The molecule has 1 atom stereocenters. The smallest absolute Gasteiger partial charge is 0.345 e. The van der Waals surface area contributed by atoms with Crippen LogP contribution in [-0.4, -0.2) is 22.9 Å². The van der Waals surface area contributed by atoms with E-state index >= 15 is 0 Å². The number of nitro benzene ring substituents is 1. The Morgan fingerprint density at radius 2 is 1.92 bits per heavy atom. The molecule has 0 bridgehead atoms. The summed E-state index contributed by atoms with van der Waals surface area (Å²) in [7, 11) is 0. The number of nitrogens with zero attached hydrogens (tertiary/aromatic N) is 1. The Hall–Kier alpha value is -2.93. The van der Waals surface area contributed by atoms with Gasteiger partial charge < -0.3 is 10.1 Å². The zero-order valence-electron chi connectivity index (χ0n) is 13.5. The molecule has 0 saturated carbocycles. The number of carbonyl (C=O) groups is 2. The largest absolute Gasteiger partial charge is 0.449 e. The molecule has 0 saturated heterocycles. The summed E-state index contributed by atoms with van der Waals surface area (Å²) in [5.74, 6) is -1.52. The van der Waals surface area contributed by atoms with Crippen molar-refractivity contribution in [3.63, 3.8) is 0 Å². The maximum Gasteiger partial charge on any atom is 0.345 e. The van der Waals surface area contributed by atoms with Crippen LogP contribution < -0.4 is 5.32 Å². The fraction of sp³-hybridized carbons (Fsp3) is 0.176. The Bertz CT molecular complexity index is 838. The van der Waals surface area contributed by atoms with Crippen LogP contribution in [0.3, 0.4) is 0 Å². The number of hydrogen-bond donors (Lipinski definition) is 1. The minimum absolute atomic E-state index is 0.217. The van der Waals surface area contributed by atoms with Crippen LogP contribution in [0.25, 0.3) is 0 Å². The molecule has 2 aromatic carbocycles. The number of anilines is 1. The van der Waals surface area contributed by atoms with E-state index in [0.717, 1.165) is 5.56 Å². The van der Waals surface area contributed by atoms with Crippen molar-refractivity contribution in [1.29, 1.82) is 0 Å². The molecular weight excluding hydrogens is 348 g/mol. The SMILES string of the molecule is Cc1ccc(NC(=O)[C@H](C)OC(=O)c2ccccc2[N+](=O)[O-])cc1Cl. The number of hydrogen-bond acceptors (Lipinski definition) is 5. The molecule has 7 nitrogen and oxygen atoms in total. The Morgan fingerprint density at radius 3 is 2.56 bits per heavy atom. The molecule has 2 rings (SSSR count). The van der Waals surface area contributed by atoms with Gasteiger partial charge in [0.2, 0.25) is 0 Å². The average molecular weight is 363 g/mol. The molecule has 0 aliphatic carbocycles. The van der Waals surface area contributed by atoms with Crippen LogP contribution in [0.2, 0.25) is 5.02 Å². The number of esters is 1. The second kappa shape index (κ2) is 7.76. The molecule has 0 spiro atoms.